The molecule has 1 rings (SSSR count). The Labute approximate surface area is 109 Å². The van der Waals surface area contributed by atoms with Crippen molar-refractivity contribution >= 4 is 6.09 Å². The molecule has 0 spiro atoms. The Morgan fingerprint density at radius 3 is 2.39 bits per heavy atom. The molecule has 0 aromatic rings. The van der Waals surface area contributed by atoms with E-state index in [-0.39, 0.29) is 12.1 Å². The Balaban J connectivity index is 2.71. The Kier molecular flexibility index (Phi) is 4.59. The minimum atomic E-state index is -0.498. The Hall–Kier alpha value is -1.71. The number of ether oxygens (including phenoxy) is 1. The number of hydrazine groups is 1. The van der Waals surface area contributed by atoms with E-state index in [1.807, 2.05) is 20.8 Å². The van der Waals surface area contributed by atoms with Crippen LogP contribution in [0.3, 0.4) is 0 Å². The third kappa shape index (κ3) is 4.65. The van der Waals surface area contributed by atoms with Crippen LogP contribution >= 0.6 is 0 Å². The van der Waals surface area contributed by atoms with Crippen molar-refractivity contribution in [2.24, 2.45) is 0 Å². The molecule has 100 valence electrons. The van der Waals surface area contributed by atoms with E-state index in [1.165, 1.54) is 5.01 Å². The lowest BCUT2D eigenvalue weighted by Crippen LogP contribution is -2.46. The molecule has 0 saturated heterocycles. The summed E-state index contributed by atoms with van der Waals surface area (Å²) in [7, 11) is 0. The molecular weight excluding hydrogens is 228 g/mol. The number of rotatable bonds is 5. The number of allylic oxidation sites excluding steroid dienone is 3. The van der Waals surface area contributed by atoms with Crippen molar-refractivity contribution in [2.75, 3.05) is 0 Å². The fourth-order valence-corrected chi connectivity index (χ4v) is 1.35. The zero-order chi connectivity index (χ0) is 13.8. The molecule has 0 radical (unpaired) electrons. The van der Waals surface area contributed by atoms with E-state index in [4.69, 9.17) is 4.74 Å². The highest BCUT2D eigenvalue weighted by molar-refractivity contribution is 5.68. The quantitative estimate of drug-likeness (QED) is 0.602. The number of amides is 1. The van der Waals surface area contributed by atoms with Gasteiger partial charge in [-0.3, -0.25) is 5.43 Å². The standard InChI is InChI=1S/C14H22N2O2/c1-6-8-11(7-2)15-16(12-9-10-12)13(17)18-14(3,4)5/h6-8,12,15H,1-2,9-10H2,3-5H3/b11-8+. The molecule has 0 aromatic heterocycles. The molecule has 1 amide bonds. The normalized spacial score (nSPS) is 15.8. The maximum absolute atomic E-state index is 12.0. The van der Waals surface area contributed by atoms with Gasteiger partial charge in [0.1, 0.15) is 5.60 Å². The summed E-state index contributed by atoms with van der Waals surface area (Å²) in [5.41, 5.74) is 3.25. The average Bonchev–Trinajstić information content (AvgIpc) is 3.05. The second-order valence-electron chi connectivity index (χ2n) is 5.26. The number of hydrogen-bond acceptors (Lipinski definition) is 3. The summed E-state index contributed by atoms with van der Waals surface area (Å²) in [6, 6.07) is 0.202. The lowest BCUT2D eigenvalue weighted by Gasteiger charge is -2.28. The molecule has 1 aliphatic rings. The molecule has 0 bridgehead atoms. The summed E-state index contributed by atoms with van der Waals surface area (Å²) in [6.07, 6.45) is 6.66. The van der Waals surface area contributed by atoms with Crippen LogP contribution in [-0.2, 0) is 4.74 Å². The van der Waals surface area contributed by atoms with Gasteiger partial charge in [-0.2, -0.15) is 0 Å². The van der Waals surface area contributed by atoms with Crippen LogP contribution in [0.1, 0.15) is 33.6 Å². The predicted molar refractivity (Wildman–Crippen MR) is 72.7 cm³/mol. The van der Waals surface area contributed by atoms with Gasteiger partial charge in [-0.1, -0.05) is 19.2 Å². The summed E-state index contributed by atoms with van der Waals surface area (Å²) in [5.74, 6) is 0. The lowest BCUT2D eigenvalue weighted by atomic mass is 10.2. The largest absolute Gasteiger partial charge is 0.442 e. The minimum Gasteiger partial charge on any atom is -0.442 e. The number of nitrogens with zero attached hydrogens (tertiary/aromatic N) is 1. The van der Waals surface area contributed by atoms with Crippen LogP contribution in [0, 0.1) is 0 Å². The molecule has 0 atom stereocenters. The van der Waals surface area contributed by atoms with Crippen LogP contribution < -0.4 is 5.43 Å². The van der Waals surface area contributed by atoms with Gasteiger partial charge < -0.3 is 4.74 Å². The van der Waals surface area contributed by atoms with Gasteiger partial charge >= 0.3 is 6.09 Å². The van der Waals surface area contributed by atoms with Crippen LogP contribution in [0.5, 0.6) is 0 Å². The molecule has 4 nitrogen and oxygen atoms in total. The number of carbonyl (C=O) groups is 1. The lowest BCUT2D eigenvalue weighted by molar-refractivity contribution is 0.0149. The molecule has 18 heavy (non-hydrogen) atoms. The number of hydrogen-bond donors (Lipinski definition) is 1. The second-order valence-corrected chi connectivity index (χ2v) is 5.26. The smallest absolute Gasteiger partial charge is 0.429 e. The molecule has 0 heterocycles. The van der Waals surface area contributed by atoms with E-state index < -0.39 is 5.60 Å². The molecule has 1 N–H and O–H groups in total. The summed E-state index contributed by atoms with van der Waals surface area (Å²) in [6.45, 7) is 12.9. The average molecular weight is 250 g/mol. The van der Waals surface area contributed by atoms with E-state index in [9.17, 15) is 4.79 Å². The highest BCUT2D eigenvalue weighted by Gasteiger charge is 2.35. The van der Waals surface area contributed by atoms with Crippen molar-refractivity contribution in [3.63, 3.8) is 0 Å². The minimum absolute atomic E-state index is 0.202. The maximum Gasteiger partial charge on any atom is 0.429 e. The van der Waals surface area contributed by atoms with Crippen molar-refractivity contribution < 1.29 is 9.53 Å². The first kappa shape index (κ1) is 14.4. The Morgan fingerprint density at radius 1 is 1.39 bits per heavy atom. The van der Waals surface area contributed by atoms with Crippen LogP contribution in [0.4, 0.5) is 4.79 Å². The first-order valence-corrected chi connectivity index (χ1v) is 6.11. The molecule has 0 unspecified atom stereocenters. The third-order valence-electron chi connectivity index (χ3n) is 2.27. The van der Waals surface area contributed by atoms with Gasteiger partial charge in [-0.15, -0.1) is 0 Å². The monoisotopic (exact) mass is 250 g/mol. The van der Waals surface area contributed by atoms with Crippen molar-refractivity contribution in [1.29, 1.82) is 0 Å². The second kappa shape index (κ2) is 5.76. The highest BCUT2D eigenvalue weighted by atomic mass is 16.6. The third-order valence-corrected chi connectivity index (χ3v) is 2.27. The van der Waals surface area contributed by atoms with Gasteiger partial charge in [0.2, 0.25) is 0 Å². The molecule has 4 heteroatoms. The van der Waals surface area contributed by atoms with E-state index in [2.05, 4.69) is 18.6 Å². The fourth-order valence-electron chi connectivity index (χ4n) is 1.35. The topological polar surface area (TPSA) is 41.6 Å². The van der Waals surface area contributed by atoms with Crippen molar-refractivity contribution in [2.45, 2.75) is 45.3 Å². The first-order chi connectivity index (χ1) is 8.37. The molecule has 1 fully saturated rings. The van der Waals surface area contributed by atoms with Crippen molar-refractivity contribution in [3.05, 3.63) is 37.1 Å². The summed E-state index contributed by atoms with van der Waals surface area (Å²) >= 11 is 0. The van der Waals surface area contributed by atoms with E-state index >= 15 is 0 Å². The van der Waals surface area contributed by atoms with Crippen LogP contribution in [-0.4, -0.2) is 22.7 Å². The molecule has 0 aromatic carbocycles. The van der Waals surface area contributed by atoms with Gasteiger partial charge in [0.15, 0.2) is 0 Å². The van der Waals surface area contributed by atoms with Crippen LogP contribution in [0.25, 0.3) is 0 Å². The first-order valence-electron chi connectivity index (χ1n) is 6.11. The molecule has 1 aliphatic carbocycles. The fraction of sp³-hybridized carbons (Fsp3) is 0.500. The molecular formula is C14H22N2O2. The van der Waals surface area contributed by atoms with Gasteiger partial charge in [0.25, 0.3) is 0 Å². The zero-order valence-corrected chi connectivity index (χ0v) is 11.4. The highest BCUT2D eigenvalue weighted by Crippen LogP contribution is 2.27. The summed E-state index contributed by atoms with van der Waals surface area (Å²) < 4.78 is 5.36. The maximum atomic E-state index is 12.0. The molecule has 0 aliphatic heterocycles. The van der Waals surface area contributed by atoms with Crippen LogP contribution in [0.15, 0.2) is 37.1 Å². The SMILES string of the molecule is C=C/C=C(\C=C)NN(C(=O)OC(C)(C)C)C1CC1. The van der Waals surface area contributed by atoms with Gasteiger partial charge in [-0.25, -0.2) is 9.80 Å². The number of nitrogens with one attached hydrogen (secondary N) is 1. The van der Waals surface area contributed by atoms with E-state index in [0.717, 1.165) is 18.5 Å². The zero-order valence-electron chi connectivity index (χ0n) is 11.4. The van der Waals surface area contributed by atoms with Crippen molar-refractivity contribution in [1.82, 2.24) is 10.4 Å². The summed E-state index contributed by atoms with van der Waals surface area (Å²) in [5, 5.41) is 1.53. The van der Waals surface area contributed by atoms with E-state index in [0.29, 0.717) is 0 Å². The Morgan fingerprint density at radius 2 is 2.00 bits per heavy atom. The van der Waals surface area contributed by atoms with Gasteiger partial charge in [-0.05, 0) is 45.8 Å². The number of carbonyl (C=O) groups excluding carboxylic acids is 1. The van der Waals surface area contributed by atoms with Gasteiger partial charge in [0, 0.05) is 0 Å². The van der Waals surface area contributed by atoms with Gasteiger partial charge in [0.05, 0.1) is 11.7 Å². The Bertz CT molecular complexity index is 362. The summed E-state index contributed by atoms with van der Waals surface area (Å²) in [4.78, 5) is 12.0. The van der Waals surface area contributed by atoms with E-state index in [1.54, 1.807) is 18.2 Å². The predicted octanol–water partition coefficient (Wildman–Crippen LogP) is 3.15. The van der Waals surface area contributed by atoms with Crippen LogP contribution in [0.2, 0.25) is 0 Å². The van der Waals surface area contributed by atoms with Crippen molar-refractivity contribution in [3.8, 4) is 0 Å². The molecule has 1 saturated carbocycles.